The summed E-state index contributed by atoms with van der Waals surface area (Å²) >= 11 is 0. The van der Waals surface area contributed by atoms with Crippen molar-refractivity contribution in [2.75, 3.05) is 0 Å². The van der Waals surface area contributed by atoms with Crippen LogP contribution in [0.4, 0.5) is 0 Å². The van der Waals surface area contributed by atoms with E-state index in [1.807, 2.05) is 6.07 Å². The summed E-state index contributed by atoms with van der Waals surface area (Å²) in [6.45, 7) is 0. The van der Waals surface area contributed by atoms with E-state index in [1.54, 1.807) is 0 Å². The van der Waals surface area contributed by atoms with E-state index in [1.165, 1.54) is 21.5 Å². The van der Waals surface area contributed by atoms with E-state index in [9.17, 15) is 0 Å². The Morgan fingerprint density at radius 2 is 0.875 bits per heavy atom. The molecule has 0 amide bonds. The highest BCUT2D eigenvalue weighted by Crippen LogP contribution is 2.50. The Balaban J connectivity index is 1.21. The monoisotopic (exact) mass is 711 g/mol. The molecule has 0 fully saturated rings. The number of benzene rings is 10. The second kappa shape index (κ2) is 11.0. The predicted molar refractivity (Wildman–Crippen MR) is 235 cm³/mol. The first kappa shape index (κ1) is 29.9. The van der Waals surface area contributed by atoms with Gasteiger partial charge in [-0.25, -0.2) is 4.98 Å². The van der Waals surface area contributed by atoms with Crippen molar-refractivity contribution < 1.29 is 8.83 Å². The van der Waals surface area contributed by atoms with Crippen molar-refractivity contribution in [2.45, 2.75) is 0 Å². The molecule has 0 atom stereocenters. The lowest BCUT2D eigenvalue weighted by Gasteiger charge is -2.19. The molecule has 10 aromatic carbocycles. The van der Waals surface area contributed by atoms with Crippen molar-refractivity contribution in [3.8, 4) is 22.4 Å². The number of hydrogen-bond acceptors (Lipinski definition) is 3. The lowest BCUT2D eigenvalue weighted by atomic mass is 9.84. The number of rotatable bonds is 2. The molecule has 3 nitrogen and oxygen atoms in total. The molecule has 0 radical (unpaired) electrons. The first-order valence-corrected chi connectivity index (χ1v) is 19.1. The third-order valence-electron chi connectivity index (χ3n) is 12.0. The molecule has 0 aliphatic carbocycles. The third-order valence-corrected chi connectivity index (χ3v) is 12.0. The quantitative estimate of drug-likeness (QED) is 0.132. The predicted octanol–water partition coefficient (Wildman–Crippen LogP) is 15.1. The summed E-state index contributed by atoms with van der Waals surface area (Å²) in [5.74, 6) is 0. The highest BCUT2D eigenvalue weighted by molar-refractivity contribution is 6.33. The van der Waals surface area contributed by atoms with E-state index in [0.29, 0.717) is 0 Å². The van der Waals surface area contributed by atoms with Gasteiger partial charge in [-0.3, -0.25) is 0 Å². The van der Waals surface area contributed by atoms with Crippen molar-refractivity contribution in [3.63, 3.8) is 0 Å². The fourth-order valence-corrected chi connectivity index (χ4v) is 9.65. The smallest absolute Gasteiger partial charge is 0.144 e. The molecule has 13 rings (SSSR count). The highest BCUT2D eigenvalue weighted by Gasteiger charge is 2.25. The van der Waals surface area contributed by atoms with Gasteiger partial charge < -0.3 is 8.83 Å². The Bertz CT molecular complexity index is 3770. The Labute approximate surface area is 319 Å². The lowest BCUT2D eigenvalue weighted by molar-refractivity contribution is 0.670. The summed E-state index contributed by atoms with van der Waals surface area (Å²) in [4.78, 5) is 5.53. The molecule has 3 heteroatoms. The van der Waals surface area contributed by atoms with Crippen LogP contribution in [-0.2, 0) is 0 Å². The maximum absolute atomic E-state index is 7.02. The molecule has 0 N–H and O–H groups in total. The maximum atomic E-state index is 7.02. The van der Waals surface area contributed by atoms with Gasteiger partial charge in [0.25, 0.3) is 0 Å². The van der Waals surface area contributed by atoms with Gasteiger partial charge in [0.15, 0.2) is 0 Å². The van der Waals surface area contributed by atoms with Crippen molar-refractivity contribution in [2.24, 2.45) is 0 Å². The van der Waals surface area contributed by atoms with Crippen LogP contribution in [0.15, 0.2) is 185 Å². The van der Waals surface area contributed by atoms with Crippen LogP contribution < -0.4 is 0 Å². The number of pyridine rings is 1. The van der Waals surface area contributed by atoms with Gasteiger partial charge in [-0.05, 0) is 73.4 Å². The number of fused-ring (bicyclic) bond motifs is 16. The first-order chi connectivity index (χ1) is 27.8. The Kier molecular flexibility index (Phi) is 5.89. The summed E-state index contributed by atoms with van der Waals surface area (Å²) in [7, 11) is 0. The van der Waals surface area contributed by atoms with E-state index < -0.39 is 0 Å². The molecule has 3 heterocycles. The molecule has 0 aliphatic heterocycles. The molecule has 0 unspecified atom stereocenters. The molecular formula is C53H29NO2. The Morgan fingerprint density at radius 3 is 1.62 bits per heavy atom. The van der Waals surface area contributed by atoms with Gasteiger partial charge in [0.1, 0.15) is 22.3 Å². The summed E-state index contributed by atoms with van der Waals surface area (Å²) in [6.07, 6.45) is 0. The summed E-state index contributed by atoms with van der Waals surface area (Å²) in [5.41, 5.74) is 8.80. The molecule has 0 aliphatic rings. The average molecular weight is 712 g/mol. The number of nitrogens with zero attached hydrogens (tertiary/aromatic N) is 1. The van der Waals surface area contributed by atoms with Crippen LogP contribution in [0.3, 0.4) is 0 Å². The van der Waals surface area contributed by atoms with Gasteiger partial charge in [-0.15, -0.1) is 0 Å². The van der Waals surface area contributed by atoms with Crippen molar-refractivity contribution in [1.29, 1.82) is 0 Å². The summed E-state index contributed by atoms with van der Waals surface area (Å²) in [6, 6.07) is 62.8. The maximum Gasteiger partial charge on any atom is 0.144 e. The molecule has 0 bridgehead atoms. The highest BCUT2D eigenvalue weighted by atomic mass is 16.3. The van der Waals surface area contributed by atoms with Crippen molar-refractivity contribution in [1.82, 2.24) is 4.98 Å². The van der Waals surface area contributed by atoms with Crippen LogP contribution >= 0.6 is 0 Å². The molecule has 0 spiro atoms. The Hall–Kier alpha value is -7.49. The fourth-order valence-electron chi connectivity index (χ4n) is 9.65. The lowest BCUT2D eigenvalue weighted by Crippen LogP contribution is -1.95. The van der Waals surface area contributed by atoms with E-state index >= 15 is 0 Å². The summed E-state index contributed by atoms with van der Waals surface area (Å²) < 4.78 is 13.7. The van der Waals surface area contributed by atoms with E-state index in [4.69, 9.17) is 13.8 Å². The van der Waals surface area contributed by atoms with Crippen LogP contribution in [-0.4, -0.2) is 4.98 Å². The number of aromatic nitrogens is 1. The third kappa shape index (κ3) is 3.93. The van der Waals surface area contributed by atoms with Crippen LogP contribution in [0, 0.1) is 0 Å². The zero-order valence-corrected chi connectivity index (χ0v) is 30.0. The zero-order valence-electron chi connectivity index (χ0n) is 30.0. The molecule has 56 heavy (non-hydrogen) atoms. The van der Waals surface area contributed by atoms with E-state index in [-0.39, 0.29) is 0 Å². The largest absolute Gasteiger partial charge is 0.455 e. The molecule has 258 valence electrons. The Morgan fingerprint density at radius 1 is 0.321 bits per heavy atom. The SMILES string of the molecule is c1ccc2c(c1)ccc1oc3c(-c4c5ccccc5c(-c5nc6ccccc6c6c5ccc5c7ccccc7oc56)c5ccccc45)cc4ccccc4c3c12. The van der Waals surface area contributed by atoms with Crippen molar-refractivity contribution >= 4 is 109 Å². The van der Waals surface area contributed by atoms with Gasteiger partial charge in [0, 0.05) is 54.4 Å². The summed E-state index contributed by atoms with van der Waals surface area (Å²) in [5, 5.41) is 17.1. The number of para-hydroxylation sites is 2. The normalized spacial score (nSPS) is 12.3. The first-order valence-electron chi connectivity index (χ1n) is 19.1. The number of hydrogen-bond donors (Lipinski definition) is 0. The molecule has 0 saturated heterocycles. The second-order valence-electron chi connectivity index (χ2n) is 14.9. The molecule has 13 aromatic rings. The van der Waals surface area contributed by atoms with Gasteiger partial charge in [0.05, 0.1) is 11.2 Å². The second-order valence-corrected chi connectivity index (χ2v) is 14.9. The molecular weight excluding hydrogens is 683 g/mol. The van der Waals surface area contributed by atoms with E-state index in [2.05, 4.69) is 170 Å². The van der Waals surface area contributed by atoms with Crippen LogP contribution in [0.2, 0.25) is 0 Å². The minimum atomic E-state index is 0.887. The minimum Gasteiger partial charge on any atom is -0.455 e. The van der Waals surface area contributed by atoms with Crippen LogP contribution in [0.5, 0.6) is 0 Å². The van der Waals surface area contributed by atoms with Crippen LogP contribution in [0.1, 0.15) is 0 Å². The number of furan rings is 2. The minimum absolute atomic E-state index is 0.887. The van der Waals surface area contributed by atoms with E-state index in [0.717, 1.165) is 109 Å². The van der Waals surface area contributed by atoms with Gasteiger partial charge in [-0.2, -0.15) is 0 Å². The van der Waals surface area contributed by atoms with Gasteiger partial charge >= 0.3 is 0 Å². The molecule has 3 aromatic heterocycles. The van der Waals surface area contributed by atoms with Gasteiger partial charge in [0.2, 0.25) is 0 Å². The fraction of sp³-hybridized carbons (Fsp3) is 0. The standard InChI is InChI=1S/C53H29NO2/c1-3-15-32-30(13-1)25-28-45-49(32)50-33-16-4-2-14-31(33)29-42(53(50)56-45)46-35-18-5-7-20-37(35)47(38-21-8-6-19-36(38)46)51-41-27-26-39-34-17-10-12-24-44(34)55-52(39)48(41)40-22-9-11-23-43(40)54-51/h1-29H. The topological polar surface area (TPSA) is 39.2 Å². The average Bonchev–Trinajstić information content (AvgIpc) is 3.85. The van der Waals surface area contributed by atoms with Gasteiger partial charge in [-0.1, -0.05) is 146 Å². The molecule has 0 saturated carbocycles. The van der Waals surface area contributed by atoms with Crippen LogP contribution in [0.25, 0.3) is 131 Å². The zero-order chi connectivity index (χ0) is 36.5. The van der Waals surface area contributed by atoms with Crippen molar-refractivity contribution in [3.05, 3.63) is 176 Å².